The molecular weight excluding hydrogens is 214 g/mol. The van der Waals surface area contributed by atoms with E-state index in [1.54, 1.807) is 6.33 Å². The molecule has 2 aromatic heterocycles. The summed E-state index contributed by atoms with van der Waals surface area (Å²) in [5.41, 5.74) is 2.09. The first-order chi connectivity index (χ1) is 8.29. The van der Waals surface area contributed by atoms with Crippen molar-refractivity contribution >= 4 is 0 Å². The highest BCUT2D eigenvalue weighted by Gasteiger charge is 2.02. The van der Waals surface area contributed by atoms with Crippen molar-refractivity contribution in [3.05, 3.63) is 41.7 Å². The highest BCUT2D eigenvalue weighted by Crippen LogP contribution is 1.99. The number of aromatic nitrogens is 4. The van der Waals surface area contributed by atoms with E-state index in [-0.39, 0.29) is 0 Å². The molecule has 2 heterocycles. The van der Waals surface area contributed by atoms with Crippen molar-refractivity contribution in [1.82, 2.24) is 25.1 Å². The Kier molecular flexibility index (Phi) is 3.82. The van der Waals surface area contributed by atoms with Gasteiger partial charge in [-0.25, -0.2) is 0 Å². The third-order valence-electron chi connectivity index (χ3n) is 2.57. The summed E-state index contributed by atoms with van der Waals surface area (Å²) >= 11 is 0. The fourth-order valence-corrected chi connectivity index (χ4v) is 1.68. The van der Waals surface area contributed by atoms with E-state index in [1.165, 1.54) is 0 Å². The SMILES string of the molecule is CCn1cnnc1CNCc1cccc(C)n1. The van der Waals surface area contributed by atoms with E-state index in [9.17, 15) is 0 Å². The molecule has 90 valence electrons. The van der Waals surface area contributed by atoms with E-state index in [0.29, 0.717) is 6.54 Å². The molecule has 0 saturated heterocycles. The van der Waals surface area contributed by atoms with Crippen LogP contribution in [0.25, 0.3) is 0 Å². The first-order valence-electron chi connectivity index (χ1n) is 5.79. The molecule has 1 N–H and O–H groups in total. The summed E-state index contributed by atoms with van der Waals surface area (Å²) in [7, 11) is 0. The Hall–Kier alpha value is -1.75. The molecule has 2 rings (SSSR count). The zero-order valence-electron chi connectivity index (χ0n) is 10.2. The van der Waals surface area contributed by atoms with Crippen LogP contribution >= 0.6 is 0 Å². The number of aryl methyl sites for hydroxylation is 2. The average Bonchev–Trinajstić information content (AvgIpc) is 2.77. The maximum atomic E-state index is 4.43. The molecule has 0 atom stereocenters. The smallest absolute Gasteiger partial charge is 0.146 e. The zero-order chi connectivity index (χ0) is 12.1. The summed E-state index contributed by atoms with van der Waals surface area (Å²) < 4.78 is 2.02. The second-order valence-electron chi connectivity index (χ2n) is 3.91. The summed E-state index contributed by atoms with van der Waals surface area (Å²) in [4.78, 5) is 4.43. The summed E-state index contributed by atoms with van der Waals surface area (Å²) in [6.45, 7) is 6.43. The highest BCUT2D eigenvalue weighted by molar-refractivity contribution is 5.09. The Morgan fingerprint density at radius 1 is 1.29 bits per heavy atom. The molecule has 0 bridgehead atoms. The van der Waals surface area contributed by atoms with Crippen LogP contribution in [0.2, 0.25) is 0 Å². The maximum Gasteiger partial charge on any atom is 0.146 e. The third-order valence-corrected chi connectivity index (χ3v) is 2.57. The molecule has 5 heteroatoms. The van der Waals surface area contributed by atoms with Gasteiger partial charge in [0.05, 0.1) is 12.2 Å². The zero-order valence-corrected chi connectivity index (χ0v) is 10.2. The van der Waals surface area contributed by atoms with Crippen molar-refractivity contribution in [2.24, 2.45) is 0 Å². The summed E-state index contributed by atoms with van der Waals surface area (Å²) in [6, 6.07) is 6.04. The van der Waals surface area contributed by atoms with Crippen LogP contribution in [0.15, 0.2) is 24.5 Å². The van der Waals surface area contributed by atoms with E-state index in [0.717, 1.165) is 30.3 Å². The molecule has 0 amide bonds. The van der Waals surface area contributed by atoms with Gasteiger partial charge in [-0.15, -0.1) is 10.2 Å². The first-order valence-corrected chi connectivity index (χ1v) is 5.79. The lowest BCUT2D eigenvalue weighted by Gasteiger charge is -2.05. The summed E-state index contributed by atoms with van der Waals surface area (Å²) in [5.74, 6) is 0.958. The molecule has 0 aliphatic carbocycles. The van der Waals surface area contributed by atoms with Crippen molar-refractivity contribution in [3.63, 3.8) is 0 Å². The Morgan fingerprint density at radius 3 is 2.94 bits per heavy atom. The first kappa shape index (κ1) is 11.7. The predicted molar refractivity (Wildman–Crippen MR) is 65.2 cm³/mol. The van der Waals surface area contributed by atoms with Crippen LogP contribution in [-0.4, -0.2) is 19.7 Å². The average molecular weight is 231 g/mol. The number of pyridine rings is 1. The fraction of sp³-hybridized carbons (Fsp3) is 0.417. The Balaban J connectivity index is 1.87. The Labute approximate surface area is 101 Å². The van der Waals surface area contributed by atoms with Gasteiger partial charge in [0, 0.05) is 18.8 Å². The van der Waals surface area contributed by atoms with Crippen molar-refractivity contribution in [1.29, 1.82) is 0 Å². The minimum absolute atomic E-state index is 0.712. The molecule has 0 aliphatic heterocycles. The Morgan fingerprint density at radius 2 is 2.18 bits per heavy atom. The lowest BCUT2D eigenvalue weighted by Crippen LogP contribution is -2.17. The lowest BCUT2D eigenvalue weighted by molar-refractivity contribution is 0.606. The van der Waals surface area contributed by atoms with Crippen molar-refractivity contribution < 1.29 is 0 Å². The van der Waals surface area contributed by atoms with Gasteiger partial charge in [0.25, 0.3) is 0 Å². The van der Waals surface area contributed by atoms with Gasteiger partial charge < -0.3 is 9.88 Å². The van der Waals surface area contributed by atoms with Crippen LogP contribution in [0.3, 0.4) is 0 Å². The van der Waals surface area contributed by atoms with Crippen molar-refractivity contribution in [2.75, 3.05) is 0 Å². The number of rotatable bonds is 5. The molecule has 0 saturated carbocycles. The van der Waals surface area contributed by atoms with E-state index >= 15 is 0 Å². The van der Waals surface area contributed by atoms with Crippen LogP contribution < -0.4 is 5.32 Å². The van der Waals surface area contributed by atoms with E-state index in [2.05, 4.69) is 27.4 Å². The monoisotopic (exact) mass is 231 g/mol. The van der Waals surface area contributed by atoms with E-state index in [1.807, 2.05) is 29.7 Å². The minimum Gasteiger partial charge on any atom is -0.317 e. The molecular formula is C12H17N5. The largest absolute Gasteiger partial charge is 0.317 e. The van der Waals surface area contributed by atoms with Gasteiger partial charge in [0.1, 0.15) is 12.2 Å². The Bertz CT molecular complexity index is 477. The quantitative estimate of drug-likeness (QED) is 0.842. The molecule has 5 nitrogen and oxygen atoms in total. The van der Waals surface area contributed by atoms with E-state index in [4.69, 9.17) is 0 Å². The second-order valence-corrected chi connectivity index (χ2v) is 3.91. The maximum absolute atomic E-state index is 4.43. The van der Waals surface area contributed by atoms with Crippen LogP contribution in [0.5, 0.6) is 0 Å². The van der Waals surface area contributed by atoms with Crippen LogP contribution in [0.4, 0.5) is 0 Å². The van der Waals surface area contributed by atoms with Gasteiger partial charge >= 0.3 is 0 Å². The lowest BCUT2D eigenvalue weighted by atomic mass is 10.3. The molecule has 17 heavy (non-hydrogen) atoms. The van der Waals surface area contributed by atoms with E-state index < -0.39 is 0 Å². The van der Waals surface area contributed by atoms with Gasteiger partial charge in [-0.3, -0.25) is 4.98 Å². The van der Waals surface area contributed by atoms with Gasteiger partial charge in [-0.2, -0.15) is 0 Å². The second kappa shape index (κ2) is 5.54. The third kappa shape index (κ3) is 3.10. The molecule has 0 aliphatic rings. The standard InChI is InChI=1S/C12H17N5/c1-3-17-9-14-16-12(17)8-13-7-11-6-4-5-10(2)15-11/h4-6,9,13H,3,7-8H2,1-2H3. The number of hydrogen-bond acceptors (Lipinski definition) is 4. The van der Waals surface area contributed by atoms with Gasteiger partial charge in [-0.1, -0.05) is 6.07 Å². The highest BCUT2D eigenvalue weighted by atomic mass is 15.3. The summed E-state index contributed by atoms with van der Waals surface area (Å²) in [5, 5.41) is 11.3. The molecule has 0 spiro atoms. The molecule has 0 aromatic carbocycles. The molecule has 0 unspecified atom stereocenters. The predicted octanol–water partition coefficient (Wildman–Crippen LogP) is 1.29. The van der Waals surface area contributed by atoms with Crippen LogP contribution in [0.1, 0.15) is 24.1 Å². The van der Waals surface area contributed by atoms with Crippen LogP contribution in [0, 0.1) is 6.92 Å². The topological polar surface area (TPSA) is 55.6 Å². The normalized spacial score (nSPS) is 10.7. The van der Waals surface area contributed by atoms with Crippen molar-refractivity contribution in [3.8, 4) is 0 Å². The van der Waals surface area contributed by atoms with Crippen LogP contribution in [-0.2, 0) is 19.6 Å². The molecule has 2 aromatic rings. The van der Waals surface area contributed by atoms with Gasteiger partial charge in [0.2, 0.25) is 0 Å². The van der Waals surface area contributed by atoms with Crippen molar-refractivity contribution in [2.45, 2.75) is 33.5 Å². The fourth-order valence-electron chi connectivity index (χ4n) is 1.68. The van der Waals surface area contributed by atoms with Gasteiger partial charge in [0.15, 0.2) is 0 Å². The number of hydrogen-bond donors (Lipinski definition) is 1. The van der Waals surface area contributed by atoms with Gasteiger partial charge in [-0.05, 0) is 26.0 Å². The number of nitrogens with zero attached hydrogens (tertiary/aromatic N) is 4. The summed E-state index contributed by atoms with van der Waals surface area (Å²) in [6.07, 6.45) is 1.75. The minimum atomic E-state index is 0.712. The molecule has 0 fully saturated rings. The molecule has 0 radical (unpaired) electrons. The number of nitrogens with one attached hydrogen (secondary N) is 1.